The quantitative estimate of drug-likeness (QED) is 0.583. The van der Waals surface area contributed by atoms with E-state index in [0.717, 1.165) is 0 Å². The normalized spacial score (nSPS) is 19.3. The van der Waals surface area contributed by atoms with Gasteiger partial charge in [-0.1, -0.05) is 0 Å². The fourth-order valence-electron chi connectivity index (χ4n) is 2.04. The van der Waals surface area contributed by atoms with Gasteiger partial charge in [0, 0.05) is 18.8 Å². The molecule has 0 aromatic carbocycles. The molecule has 1 fully saturated rings. The van der Waals surface area contributed by atoms with Crippen LogP contribution in [0.2, 0.25) is 0 Å². The number of thioether (sulfide) groups is 1. The third kappa shape index (κ3) is 2.41. The number of amides is 1. The molecule has 0 unspecified atom stereocenters. The minimum atomic E-state index is -0.456. The first-order valence-electron chi connectivity index (χ1n) is 5.65. The molecule has 1 amide bonds. The van der Waals surface area contributed by atoms with Crippen LogP contribution in [0.25, 0.3) is 0 Å². The molecule has 1 aliphatic rings. The number of rotatable bonds is 2. The average Bonchev–Trinajstić information content (AvgIpc) is 2.74. The first-order chi connectivity index (χ1) is 8.52. The van der Waals surface area contributed by atoms with Crippen LogP contribution in [0.15, 0.2) is 9.82 Å². The van der Waals surface area contributed by atoms with Gasteiger partial charge in [-0.25, -0.2) is 4.79 Å². The summed E-state index contributed by atoms with van der Waals surface area (Å²) in [5.41, 5.74) is 0.497. The Morgan fingerprint density at radius 3 is 2.89 bits per heavy atom. The van der Waals surface area contributed by atoms with E-state index in [0.29, 0.717) is 35.8 Å². The highest BCUT2D eigenvalue weighted by Crippen LogP contribution is 2.22. The second-order valence-corrected chi connectivity index (χ2v) is 5.04. The van der Waals surface area contributed by atoms with E-state index >= 15 is 0 Å². The Morgan fingerprint density at radius 1 is 1.61 bits per heavy atom. The summed E-state index contributed by atoms with van der Waals surface area (Å²) in [4.78, 5) is 31.6. The van der Waals surface area contributed by atoms with Crippen molar-refractivity contribution in [2.75, 3.05) is 19.3 Å². The van der Waals surface area contributed by atoms with Crippen LogP contribution >= 0.6 is 11.8 Å². The van der Waals surface area contributed by atoms with Crippen molar-refractivity contribution in [2.45, 2.75) is 24.5 Å². The molecule has 1 aromatic rings. The van der Waals surface area contributed by atoms with E-state index in [1.54, 1.807) is 18.1 Å². The summed E-state index contributed by atoms with van der Waals surface area (Å²) in [7, 11) is 0. The lowest BCUT2D eigenvalue weighted by atomic mass is 10.2. The number of aliphatic hydroxyl groups excluding tert-OH is 1. The number of aliphatic hydroxyl groups is 1. The minimum absolute atomic E-state index is 0.183. The molecule has 2 rings (SSSR count). The molecule has 1 atom stereocenters. The molecular weight excluding hydrogens is 254 g/mol. The summed E-state index contributed by atoms with van der Waals surface area (Å²) >= 11 is 1.27. The summed E-state index contributed by atoms with van der Waals surface area (Å²) in [5.74, 6) is -0.183. The van der Waals surface area contributed by atoms with Gasteiger partial charge in [0.25, 0.3) is 5.91 Å². The Kier molecular flexibility index (Phi) is 3.72. The number of H-pyrrole nitrogens is 1. The predicted octanol–water partition coefficient (Wildman–Crippen LogP) is 0.00702. The van der Waals surface area contributed by atoms with E-state index in [2.05, 4.69) is 9.97 Å². The van der Waals surface area contributed by atoms with Crippen LogP contribution in [0.5, 0.6) is 0 Å². The molecule has 0 aliphatic carbocycles. The van der Waals surface area contributed by atoms with E-state index in [4.69, 9.17) is 0 Å². The number of hydrogen-bond donors (Lipinski definition) is 2. The number of nitrogens with zero attached hydrogens (tertiary/aromatic N) is 2. The second kappa shape index (κ2) is 5.11. The number of aromatic amines is 1. The fraction of sp³-hybridized carbons (Fsp3) is 0.545. The van der Waals surface area contributed by atoms with Gasteiger partial charge in [0.15, 0.2) is 0 Å². The van der Waals surface area contributed by atoms with Crippen molar-refractivity contribution in [1.29, 1.82) is 0 Å². The van der Waals surface area contributed by atoms with Crippen molar-refractivity contribution >= 4 is 17.7 Å². The molecule has 1 saturated heterocycles. The van der Waals surface area contributed by atoms with Gasteiger partial charge in [-0.05, 0) is 19.6 Å². The van der Waals surface area contributed by atoms with E-state index in [-0.39, 0.29) is 5.91 Å². The summed E-state index contributed by atoms with van der Waals surface area (Å²) in [5, 5.41) is 9.90. The maximum Gasteiger partial charge on any atom is 0.346 e. The van der Waals surface area contributed by atoms with Gasteiger partial charge in [0.1, 0.15) is 5.03 Å². The SMILES string of the molecule is CSc1nc(=O)[nH]c(C)c1C(=O)N1CC[C@@H](O)C1. The van der Waals surface area contributed by atoms with Crippen molar-refractivity contribution < 1.29 is 9.90 Å². The van der Waals surface area contributed by atoms with Crippen molar-refractivity contribution in [3.8, 4) is 0 Å². The Labute approximate surface area is 108 Å². The minimum Gasteiger partial charge on any atom is -0.391 e. The van der Waals surface area contributed by atoms with Crippen molar-refractivity contribution in [3.05, 3.63) is 21.7 Å². The maximum absolute atomic E-state index is 12.3. The lowest BCUT2D eigenvalue weighted by Gasteiger charge is -2.17. The van der Waals surface area contributed by atoms with E-state index in [1.165, 1.54) is 11.8 Å². The molecular formula is C11H15N3O3S. The number of likely N-dealkylation sites (tertiary alicyclic amines) is 1. The Morgan fingerprint density at radius 2 is 2.33 bits per heavy atom. The van der Waals surface area contributed by atoms with Crippen LogP contribution in [0.1, 0.15) is 22.5 Å². The molecule has 1 aliphatic heterocycles. The van der Waals surface area contributed by atoms with Crippen molar-refractivity contribution in [3.63, 3.8) is 0 Å². The van der Waals surface area contributed by atoms with Crippen LogP contribution < -0.4 is 5.69 Å². The average molecular weight is 269 g/mol. The number of nitrogens with one attached hydrogen (secondary N) is 1. The van der Waals surface area contributed by atoms with Gasteiger partial charge in [0.05, 0.1) is 11.7 Å². The summed E-state index contributed by atoms with van der Waals surface area (Å²) in [6.45, 7) is 2.56. The monoisotopic (exact) mass is 269 g/mol. The van der Waals surface area contributed by atoms with E-state index in [1.807, 2.05) is 0 Å². The number of aromatic nitrogens is 2. The van der Waals surface area contributed by atoms with Gasteiger partial charge >= 0.3 is 5.69 Å². The van der Waals surface area contributed by atoms with Gasteiger partial charge in [-0.15, -0.1) is 11.8 Å². The van der Waals surface area contributed by atoms with Crippen LogP contribution in [0.4, 0.5) is 0 Å². The first-order valence-corrected chi connectivity index (χ1v) is 6.87. The lowest BCUT2D eigenvalue weighted by Crippen LogP contribution is -2.32. The summed E-state index contributed by atoms with van der Waals surface area (Å²) < 4.78 is 0. The highest BCUT2D eigenvalue weighted by atomic mass is 32.2. The van der Waals surface area contributed by atoms with Crippen LogP contribution in [0, 0.1) is 6.92 Å². The first kappa shape index (κ1) is 13.1. The number of β-amino-alcohol motifs (C(OH)–C–C–N with tert-alkyl or cyclic N) is 1. The molecule has 0 saturated carbocycles. The molecule has 6 nitrogen and oxygen atoms in total. The number of carbonyl (C=O) groups excluding carboxylic acids is 1. The maximum atomic E-state index is 12.3. The summed E-state index contributed by atoms with van der Waals surface area (Å²) in [6, 6.07) is 0. The summed E-state index contributed by atoms with van der Waals surface area (Å²) in [6.07, 6.45) is 1.91. The molecule has 0 spiro atoms. The Balaban J connectivity index is 2.38. The zero-order chi connectivity index (χ0) is 13.3. The molecule has 0 radical (unpaired) electrons. The molecule has 2 heterocycles. The zero-order valence-corrected chi connectivity index (χ0v) is 11.1. The standard InChI is InChI=1S/C11H15N3O3S/c1-6-8(9(18-2)13-11(17)12-6)10(16)14-4-3-7(15)5-14/h7,15H,3-5H2,1-2H3,(H,12,13,17)/t7-/m1/s1. The fourth-order valence-corrected chi connectivity index (χ4v) is 2.66. The molecule has 18 heavy (non-hydrogen) atoms. The number of aryl methyl sites for hydroxylation is 1. The van der Waals surface area contributed by atoms with Crippen molar-refractivity contribution in [2.24, 2.45) is 0 Å². The van der Waals surface area contributed by atoms with Crippen LogP contribution in [-0.2, 0) is 0 Å². The van der Waals surface area contributed by atoms with E-state index in [9.17, 15) is 14.7 Å². The Hall–Kier alpha value is -1.34. The zero-order valence-electron chi connectivity index (χ0n) is 10.3. The third-order valence-electron chi connectivity index (χ3n) is 2.94. The molecule has 7 heteroatoms. The van der Waals surface area contributed by atoms with Gasteiger partial charge < -0.3 is 15.0 Å². The highest BCUT2D eigenvalue weighted by molar-refractivity contribution is 7.98. The van der Waals surface area contributed by atoms with Gasteiger partial charge in [0.2, 0.25) is 0 Å². The third-order valence-corrected chi connectivity index (χ3v) is 3.63. The van der Waals surface area contributed by atoms with Gasteiger partial charge in [-0.3, -0.25) is 4.79 Å². The number of hydrogen-bond acceptors (Lipinski definition) is 5. The van der Waals surface area contributed by atoms with Crippen LogP contribution in [-0.4, -0.2) is 51.3 Å². The second-order valence-electron chi connectivity index (χ2n) is 4.24. The van der Waals surface area contributed by atoms with E-state index < -0.39 is 11.8 Å². The molecule has 98 valence electrons. The number of carbonyl (C=O) groups is 1. The largest absolute Gasteiger partial charge is 0.391 e. The molecule has 2 N–H and O–H groups in total. The van der Waals surface area contributed by atoms with Gasteiger partial charge in [-0.2, -0.15) is 4.98 Å². The smallest absolute Gasteiger partial charge is 0.346 e. The van der Waals surface area contributed by atoms with Crippen LogP contribution in [0.3, 0.4) is 0 Å². The predicted molar refractivity (Wildman–Crippen MR) is 67.9 cm³/mol. The Bertz CT molecular complexity index is 529. The topological polar surface area (TPSA) is 86.3 Å². The molecule has 0 bridgehead atoms. The van der Waals surface area contributed by atoms with Crippen molar-refractivity contribution in [1.82, 2.24) is 14.9 Å². The molecule has 1 aromatic heterocycles. The highest BCUT2D eigenvalue weighted by Gasteiger charge is 2.28. The lowest BCUT2D eigenvalue weighted by molar-refractivity contribution is 0.0759.